The van der Waals surface area contributed by atoms with Gasteiger partial charge in [-0.3, -0.25) is 14.2 Å². The smallest absolute Gasteiger partial charge is 0.348 e. The molecule has 0 saturated heterocycles. The van der Waals surface area contributed by atoms with Crippen LogP contribution < -0.4 is 16.6 Å². The van der Waals surface area contributed by atoms with Crippen LogP contribution in [0.5, 0.6) is 0 Å². The standard InChI is InChI=1S/C22H23ClN4O3/c1-4-15(3)24-20(28)19-21(29)26(13-16-7-5-6-8-18(16)23)22(30)27(25-19)17-11-9-14(2)10-12-17/h5-12,15H,4,13H2,1-3H3,(H,24,28)/t15-/m0/s1. The molecule has 0 radical (unpaired) electrons. The fourth-order valence-corrected chi connectivity index (χ4v) is 3.04. The van der Waals surface area contributed by atoms with E-state index in [1.165, 1.54) is 0 Å². The first-order valence-electron chi connectivity index (χ1n) is 9.67. The quantitative estimate of drug-likeness (QED) is 0.656. The van der Waals surface area contributed by atoms with Crippen LogP contribution in [-0.4, -0.2) is 26.3 Å². The summed E-state index contributed by atoms with van der Waals surface area (Å²) in [6.45, 7) is 5.59. The predicted octanol–water partition coefficient (Wildman–Crippen LogP) is 2.93. The lowest BCUT2D eigenvalue weighted by atomic mass is 10.2. The molecule has 1 amide bonds. The number of carbonyl (C=O) groups excluding carboxylic acids is 1. The van der Waals surface area contributed by atoms with Crippen LogP contribution in [0.3, 0.4) is 0 Å². The first-order valence-corrected chi connectivity index (χ1v) is 10.0. The summed E-state index contributed by atoms with van der Waals surface area (Å²) in [6.07, 6.45) is 0.692. The van der Waals surface area contributed by atoms with E-state index in [9.17, 15) is 14.4 Å². The number of benzene rings is 2. The molecule has 3 rings (SSSR count). The van der Waals surface area contributed by atoms with Crippen molar-refractivity contribution in [1.29, 1.82) is 0 Å². The minimum Gasteiger partial charge on any atom is -0.348 e. The van der Waals surface area contributed by atoms with Crippen LogP contribution in [0.1, 0.15) is 41.9 Å². The average molecular weight is 427 g/mol. The van der Waals surface area contributed by atoms with Gasteiger partial charge in [0.1, 0.15) is 0 Å². The molecule has 1 N–H and O–H groups in total. The third-order valence-corrected chi connectivity index (χ3v) is 5.20. The first kappa shape index (κ1) is 21.5. The van der Waals surface area contributed by atoms with E-state index in [1.807, 2.05) is 32.9 Å². The summed E-state index contributed by atoms with van der Waals surface area (Å²) in [6, 6.07) is 13.9. The molecule has 156 valence electrons. The van der Waals surface area contributed by atoms with Crippen molar-refractivity contribution in [3.63, 3.8) is 0 Å². The Hall–Kier alpha value is -3.19. The number of nitrogens with one attached hydrogen (secondary N) is 1. The van der Waals surface area contributed by atoms with Gasteiger partial charge in [0.2, 0.25) is 5.69 Å². The van der Waals surface area contributed by atoms with Crippen molar-refractivity contribution in [2.45, 2.75) is 39.8 Å². The van der Waals surface area contributed by atoms with Crippen molar-refractivity contribution < 1.29 is 4.79 Å². The van der Waals surface area contributed by atoms with Crippen LogP contribution in [0.15, 0.2) is 58.1 Å². The maximum absolute atomic E-state index is 13.1. The van der Waals surface area contributed by atoms with Crippen LogP contribution in [0, 0.1) is 6.92 Å². The van der Waals surface area contributed by atoms with Crippen molar-refractivity contribution in [3.05, 3.63) is 91.2 Å². The van der Waals surface area contributed by atoms with E-state index in [-0.39, 0.29) is 18.3 Å². The van der Waals surface area contributed by atoms with Gasteiger partial charge < -0.3 is 5.32 Å². The van der Waals surface area contributed by atoms with Crippen molar-refractivity contribution >= 4 is 17.5 Å². The van der Waals surface area contributed by atoms with E-state index in [0.29, 0.717) is 22.7 Å². The van der Waals surface area contributed by atoms with Crippen molar-refractivity contribution in [2.24, 2.45) is 0 Å². The van der Waals surface area contributed by atoms with E-state index >= 15 is 0 Å². The number of hydrogen-bond acceptors (Lipinski definition) is 4. The van der Waals surface area contributed by atoms with E-state index < -0.39 is 17.2 Å². The second kappa shape index (κ2) is 9.09. The first-order chi connectivity index (χ1) is 14.3. The summed E-state index contributed by atoms with van der Waals surface area (Å²) in [4.78, 5) is 38.9. The van der Waals surface area contributed by atoms with Crippen LogP contribution in [0.4, 0.5) is 0 Å². The van der Waals surface area contributed by atoms with Crippen LogP contribution in [0.25, 0.3) is 5.69 Å². The molecular formula is C22H23ClN4O3. The average Bonchev–Trinajstić information content (AvgIpc) is 2.73. The largest absolute Gasteiger partial charge is 0.352 e. The third-order valence-electron chi connectivity index (χ3n) is 4.83. The molecule has 0 bridgehead atoms. The minimum atomic E-state index is -0.760. The zero-order chi connectivity index (χ0) is 21.8. The maximum atomic E-state index is 13.1. The molecule has 1 atom stereocenters. The predicted molar refractivity (Wildman–Crippen MR) is 117 cm³/mol. The highest BCUT2D eigenvalue weighted by molar-refractivity contribution is 6.31. The van der Waals surface area contributed by atoms with Crippen LogP contribution in [-0.2, 0) is 6.54 Å². The number of nitrogens with zero attached hydrogens (tertiary/aromatic N) is 3. The molecule has 0 fully saturated rings. The Morgan fingerprint density at radius 1 is 1.13 bits per heavy atom. The lowest BCUT2D eigenvalue weighted by Crippen LogP contribution is -2.47. The van der Waals surface area contributed by atoms with Gasteiger partial charge in [-0.2, -0.15) is 9.78 Å². The molecule has 0 saturated carbocycles. The van der Waals surface area contributed by atoms with Gasteiger partial charge in [0.15, 0.2) is 0 Å². The third kappa shape index (κ3) is 4.52. The molecular weight excluding hydrogens is 404 g/mol. The second-order valence-electron chi connectivity index (χ2n) is 7.14. The number of rotatable bonds is 6. The summed E-state index contributed by atoms with van der Waals surface area (Å²) in [5.74, 6) is -0.622. The molecule has 1 aromatic heterocycles. The Balaban J connectivity index is 2.20. The Labute approximate surface area is 178 Å². The van der Waals surface area contributed by atoms with Gasteiger partial charge >= 0.3 is 5.69 Å². The van der Waals surface area contributed by atoms with E-state index in [0.717, 1.165) is 14.8 Å². The molecule has 0 aliphatic carbocycles. The van der Waals surface area contributed by atoms with Crippen LogP contribution >= 0.6 is 11.6 Å². The molecule has 0 spiro atoms. The number of carbonyl (C=O) groups is 1. The maximum Gasteiger partial charge on any atom is 0.352 e. The monoisotopic (exact) mass is 426 g/mol. The minimum absolute atomic E-state index is 0.0741. The normalized spacial score (nSPS) is 11.9. The highest BCUT2D eigenvalue weighted by Crippen LogP contribution is 2.15. The Morgan fingerprint density at radius 2 is 1.80 bits per heavy atom. The van der Waals surface area contributed by atoms with Gasteiger partial charge in [0.05, 0.1) is 12.2 Å². The number of amides is 1. The summed E-state index contributed by atoms with van der Waals surface area (Å²) < 4.78 is 2.06. The van der Waals surface area contributed by atoms with E-state index in [4.69, 9.17) is 11.6 Å². The Morgan fingerprint density at radius 3 is 2.43 bits per heavy atom. The van der Waals surface area contributed by atoms with E-state index in [1.54, 1.807) is 36.4 Å². The number of aromatic nitrogens is 3. The number of halogens is 1. The van der Waals surface area contributed by atoms with Gasteiger partial charge in [-0.15, -0.1) is 0 Å². The number of aryl methyl sites for hydroxylation is 1. The van der Waals surface area contributed by atoms with Crippen molar-refractivity contribution in [1.82, 2.24) is 19.7 Å². The van der Waals surface area contributed by atoms with Crippen LogP contribution in [0.2, 0.25) is 5.02 Å². The summed E-state index contributed by atoms with van der Waals surface area (Å²) in [5, 5.41) is 7.27. The van der Waals surface area contributed by atoms with Gasteiger partial charge in [0.25, 0.3) is 11.5 Å². The SMILES string of the molecule is CC[C@H](C)NC(=O)c1nn(-c2ccc(C)cc2)c(=O)n(Cc2ccccc2Cl)c1=O. The molecule has 30 heavy (non-hydrogen) atoms. The van der Waals surface area contributed by atoms with Gasteiger partial charge in [-0.25, -0.2) is 4.79 Å². The lowest BCUT2D eigenvalue weighted by Gasteiger charge is -2.14. The van der Waals surface area contributed by atoms with E-state index in [2.05, 4.69) is 10.4 Å². The second-order valence-corrected chi connectivity index (χ2v) is 7.55. The zero-order valence-electron chi connectivity index (χ0n) is 17.1. The molecule has 3 aromatic rings. The zero-order valence-corrected chi connectivity index (χ0v) is 17.8. The molecule has 0 aliphatic heterocycles. The summed E-state index contributed by atoms with van der Waals surface area (Å²) in [5.41, 5.74) is 0.297. The fraction of sp³-hybridized carbons (Fsp3) is 0.273. The van der Waals surface area contributed by atoms with Gasteiger partial charge in [-0.05, 0) is 44.0 Å². The summed E-state index contributed by atoms with van der Waals surface area (Å²) >= 11 is 6.22. The molecule has 1 heterocycles. The van der Waals surface area contributed by atoms with Crippen molar-refractivity contribution in [2.75, 3.05) is 0 Å². The molecule has 0 unspecified atom stereocenters. The van der Waals surface area contributed by atoms with Gasteiger partial charge in [-0.1, -0.05) is 54.4 Å². The highest BCUT2D eigenvalue weighted by Gasteiger charge is 2.21. The molecule has 7 nitrogen and oxygen atoms in total. The molecule has 0 aliphatic rings. The molecule has 2 aromatic carbocycles. The topological polar surface area (TPSA) is 86.0 Å². The highest BCUT2D eigenvalue weighted by atomic mass is 35.5. The van der Waals surface area contributed by atoms with Crippen molar-refractivity contribution in [3.8, 4) is 5.69 Å². The lowest BCUT2D eigenvalue weighted by molar-refractivity contribution is 0.0929. The number of hydrogen-bond donors (Lipinski definition) is 1. The Kier molecular flexibility index (Phi) is 6.52. The summed E-state index contributed by atoms with van der Waals surface area (Å²) in [7, 11) is 0. The fourth-order valence-electron chi connectivity index (χ4n) is 2.84. The Bertz CT molecular complexity index is 1180. The van der Waals surface area contributed by atoms with Gasteiger partial charge in [0, 0.05) is 11.1 Å². The molecule has 8 heteroatoms.